The van der Waals surface area contributed by atoms with E-state index in [9.17, 15) is 4.39 Å². The molecule has 0 bridgehead atoms. The van der Waals surface area contributed by atoms with E-state index in [0.717, 1.165) is 11.6 Å². The van der Waals surface area contributed by atoms with Crippen LogP contribution < -0.4 is 4.74 Å². The quantitative estimate of drug-likeness (QED) is 0.800. The van der Waals surface area contributed by atoms with E-state index in [1.54, 1.807) is 18.2 Å². The molecule has 2 aromatic carbocycles. The third-order valence-electron chi connectivity index (χ3n) is 2.42. The van der Waals surface area contributed by atoms with E-state index in [1.807, 2.05) is 13.0 Å². The molecule has 0 aromatic heterocycles. The molecule has 18 heavy (non-hydrogen) atoms. The van der Waals surface area contributed by atoms with Gasteiger partial charge in [0.15, 0.2) is 11.6 Å². The molecule has 0 aliphatic carbocycles. The highest BCUT2D eigenvalue weighted by molar-refractivity contribution is 6.30. The lowest BCUT2D eigenvalue weighted by atomic mass is 10.2. The van der Waals surface area contributed by atoms with E-state index in [-0.39, 0.29) is 11.3 Å². The van der Waals surface area contributed by atoms with Crippen molar-refractivity contribution in [2.45, 2.75) is 6.92 Å². The van der Waals surface area contributed by atoms with Crippen LogP contribution in [0.3, 0.4) is 0 Å². The average molecular weight is 262 g/mol. The van der Waals surface area contributed by atoms with Crippen molar-refractivity contribution in [1.29, 1.82) is 5.26 Å². The third kappa shape index (κ3) is 2.61. The van der Waals surface area contributed by atoms with E-state index in [1.165, 1.54) is 12.1 Å². The van der Waals surface area contributed by atoms with E-state index < -0.39 is 5.82 Å². The second kappa shape index (κ2) is 5.07. The Morgan fingerprint density at radius 3 is 2.50 bits per heavy atom. The lowest BCUT2D eigenvalue weighted by molar-refractivity contribution is 0.439. The molecule has 0 aliphatic rings. The minimum Gasteiger partial charge on any atom is -0.454 e. The topological polar surface area (TPSA) is 33.0 Å². The molecule has 90 valence electrons. The van der Waals surface area contributed by atoms with Crippen molar-refractivity contribution in [3.63, 3.8) is 0 Å². The Hall–Kier alpha value is -2.05. The lowest BCUT2D eigenvalue weighted by Gasteiger charge is -2.09. The second-order valence-corrected chi connectivity index (χ2v) is 4.21. The van der Waals surface area contributed by atoms with Crippen LogP contribution in [-0.4, -0.2) is 0 Å². The Morgan fingerprint density at radius 2 is 1.89 bits per heavy atom. The number of aryl methyl sites for hydroxylation is 1. The number of nitriles is 1. The van der Waals surface area contributed by atoms with Crippen LogP contribution in [0.2, 0.25) is 5.02 Å². The van der Waals surface area contributed by atoms with Crippen molar-refractivity contribution in [1.82, 2.24) is 0 Å². The molecule has 0 atom stereocenters. The highest BCUT2D eigenvalue weighted by atomic mass is 35.5. The van der Waals surface area contributed by atoms with Crippen LogP contribution in [0.4, 0.5) is 4.39 Å². The molecule has 0 saturated heterocycles. The van der Waals surface area contributed by atoms with Crippen LogP contribution in [0.15, 0.2) is 36.4 Å². The van der Waals surface area contributed by atoms with Crippen molar-refractivity contribution in [3.8, 4) is 17.6 Å². The van der Waals surface area contributed by atoms with Crippen molar-refractivity contribution in [3.05, 3.63) is 58.4 Å². The molecule has 0 radical (unpaired) electrons. The molecule has 0 amide bonds. The Labute approximate surface area is 109 Å². The molecule has 2 aromatic rings. The number of nitrogens with zero attached hydrogens (tertiary/aromatic N) is 1. The number of rotatable bonds is 2. The van der Waals surface area contributed by atoms with Crippen LogP contribution >= 0.6 is 11.6 Å². The van der Waals surface area contributed by atoms with Crippen LogP contribution in [0.1, 0.15) is 11.1 Å². The van der Waals surface area contributed by atoms with Gasteiger partial charge in [-0.15, -0.1) is 0 Å². The summed E-state index contributed by atoms with van der Waals surface area (Å²) in [5.41, 5.74) is 1.07. The summed E-state index contributed by atoms with van der Waals surface area (Å²) in [6.07, 6.45) is 0. The molecule has 2 nitrogen and oxygen atoms in total. The zero-order chi connectivity index (χ0) is 13.1. The monoisotopic (exact) mass is 261 g/mol. The number of halogens is 2. The Morgan fingerprint density at radius 1 is 1.17 bits per heavy atom. The maximum Gasteiger partial charge on any atom is 0.167 e. The molecular formula is C14H9ClFNO. The first-order chi connectivity index (χ1) is 8.60. The van der Waals surface area contributed by atoms with E-state index in [0.29, 0.717) is 10.8 Å². The molecule has 0 unspecified atom stereocenters. The summed E-state index contributed by atoms with van der Waals surface area (Å²) in [6, 6.07) is 11.0. The van der Waals surface area contributed by atoms with Crippen molar-refractivity contribution < 1.29 is 9.13 Å². The predicted octanol–water partition coefficient (Wildman–Crippen LogP) is 4.45. The summed E-state index contributed by atoms with van der Waals surface area (Å²) in [6.45, 7) is 1.82. The van der Waals surface area contributed by atoms with Gasteiger partial charge in [-0.2, -0.15) is 5.26 Å². The molecular weight excluding hydrogens is 253 g/mol. The number of hydrogen-bond donors (Lipinski definition) is 0. The van der Waals surface area contributed by atoms with Gasteiger partial charge in [0.2, 0.25) is 0 Å². The zero-order valence-electron chi connectivity index (χ0n) is 9.58. The molecule has 0 fully saturated rings. The maximum atomic E-state index is 13.6. The molecule has 4 heteroatoms. The maximum absolute atomic E-state index is 13.6. The molecule has 0 heterocycles. The Kier molecular flexibility index (Phi) is 3.50. The summed E-state index contributed by atoms with van der Waals surface area (Å²) in [5, 5.41) is 9.24. The third-order valence-corrected chi connectivity index (χ3v) is 2.65. The van der Waals surface area contributed by atoms with Crippen LogP contribution in [0.25, 0.3) is 0 Å². The highest BCUT2D eigenvalue weighted by Crippen LogP contribution is 2.29. The van der Waals surface area contributed by atoms with Crippen LogP contribution in [0.5, 0.6) is 11.5 Å². The van der Waals surface area contributed by atoms with Gasteiger partial charge < -0.3 is 4.74 Å². The zero-order valence-corrected chi connectivity index (χ0v) is 10.3. The fourth-order valence-corrected chi connectivity index (χ4v) is 1.73. The van der Waals surface area contributed by atoms with Gasteiger partial charge in [-0.1, -0.05) is 11.6 Å². The van der Waals surface area contributed by atoms with Crippen molar-refractivity contribution >= 4 is 11.6 Å². The highest BCUT2D eigenvalue weighted by Gasteiger charge is 2.08. The van der Waals surface area contributed by atoms with Crippen LogP contribution in [-0.2, 0) is 0 Å². The summed E-state index contributed by atoms with van der Waals surface area (Å²) < 4.78 is 19.1. The SMILES string of the molecule is Cc1cc(Cl)ccc1Oc1ccc(C#N)cc1F. The molecule has 2 rings (SSSR count). The van der Waals surface area contributed by atoms with Gasteiger partial charge in [0.25, 0.3) is 0 Å². The molecule has 0 spiro atoms. The predicted molar refractivity (Wildman–Crippen MR) is 67.4 cm³/mol. The van der Waals surface area contributed by atoms with Gasteiger partial charge in [0.1, 0.15) is 5.75 Å². The normalized spacial score (nSPS) is 9.89. The van der Waals surface area contributed by atoms with Gasteiger partial charge in [0.05, 0.1) is 11.6 Å². The summed E-state index contributed by atoms with van der Waals surface area (Å²) in [4.78, 5) is 0. The Balaban J connectivity index is 2.32. The second-order valence-electron chi connectivity index (χ2n) is 3.77. The molecule has 0 N–H and O–H groups in total. The van der Waals surface area contributed by atoms with Gasteiger partial charge in [-0.05, 0) is 48.9 Å². The minimum atomic E-state index is -0.566. The van der Waals surface area contributed by atoms with Gasteiger partial charge in [-0.25, -0.2) is 4.39 Å². The fourth-order valence-electron chi connectivity index (χ4n) is 1.50. The molecule has 0 aliphatic heterocycles. The standard InChI is InChI=1S/C14H9ClFNO/c1-9-6-11(15)3-5-13(9)18-14-4-2-10(8-17)7-12(14)16/h2-7H,1H3. The Bertz CT molecular complexity index is 634. The lowest BCUT2D eigenvalue weighted by Crippen LogP contribution is -1.91. The number of ether oxygens (including phenoxy) is 1. The van der Waals surface area contributed by atoms with Crippen molar-refractivity contribution in [2.24, 2.45) is 0 Å². The van der Waals surface area contributed by atoms with Gasteiger partial charge >= 0.3 is 0 Å². The first kappa shape index (κ1) is 12.4. The smallest absolute Gasteiger partial charge is 0.167 e. The summed E-state index contributed by atoms with van der Waals surface area (Å²) >= 11 is 5.83. The number of hydrogen-bond acceptors (Lipinski definition) is 2. The first-order valence-corrected chi connectivity index (χ1v) is 5.61. The van der Waals surface area contributed by atoms with Gasteiger partial charge in [0, 0.05) is 5.02 Å². The summed E-state index contributed by atoms with van der Waals surface area (Å²) in [5.74, 6) is 0.0471. The van der Waals surface area contributed by atoms with E-state index >= 15 is 0 Å². The van der Waals surface area contributed by atoms with Crippen LogP contribution in [0, 0.1) is 24.1 Å². The number of benzene rings is 2. The van der Waals surface area contributed by atoms with E-state index in [2.05, 4.69) is 0 Å². The molecule has 0 saturated carbocycles. The average Bonchev–Trinajstić information content (AvgIpc) is 2.34. The van der Waals surface area contributed by atoms with E-state index in [4.69, 9.17) is 21.6 Å². The first-order valence-electron chi connectivity index (χ1n) is 5.24. The van der Waals surface area contributed by atoms with Crippen molar-refractivity contribution in [2.75, 3.05) is 0 Å². The fraction of sp³-hybridized carbons (Fsp3) is 0.0714. The largest absolute Gasteiger partial charge is 0.454 e. The van der Waals surface area contributed by atoms with Gasteiger partial charge in [-0.3, -0.25) is 0 Å². The minimum absolute atomic E-state index is 0.0828. The summed E-state index contributed by atoms with van der Waals surface area (Å²) in [7, 11) is 0.